The Morgan fingerprint density at radius 3 is 2.39 bits per heavy atom. The van der Waals surface area contributed by atoms with E-state index in [0.717, 1.165) is 10.9 Å². The summed E-state index contributed by atoms with van der Waals surface area (Å²) < 4.78 is 0. The molecule has 0 radical (unpaired) electrons. The normalized spacial score (nSPS) is 10.3. The zero-order valence-corrected chi connectivity index (χ0v) is 11.8. The summed E-state index contributed by atoms with van der Waals surface area (Å²) in [5, 5.41) is 11.8. The van der Waals surface area contributed by atoms with Gasteiger partial charge in [0, 0.05) is 10.9 Å². The summed E-state index contributed by atoms with van der Waals surface area (Å²) in [7, 11) is 0. The number of amides is 1. The van der Waals surface area contributed by atoms with Crippen LogP contribution in [-0.4, -0.2) is 21.8 Å². The Bertz CT molecular complexity index is 890. The van der Waals surface area contributed by atoms with E-state index in [1.54, 1.807) is 12.1 Å². The third kappa shape index (κ3) is 2.93. The third-order valence-electron chi connectivity index (χ3n) is 3.23. The van der Waals surface area contributed by atoms with Gasteiger partial charge in [0.25, 0.3) is 5.91 Å². The molecule has 7 heteroatoms. The maximum Gasteiger partial charge on any atom is 0.270 e. The molecule has 1 aromatic heterocycles. The average molecular weight is 307 g/mol. The Morgan fingerprint density at radius 1 is 0.913 bits per heavy atom. The summed E-state index contributed by atoms with van der Waals surface area (Å²) in [6.45, 7) is 0. The Balaban J connectivity index is 1.83. The summed E-state index contributed by atoms with van der Waals surface area (Å²) in [4.78, 5) is 31.4. The van der Waals surface area contributed by atoms with Gasteiger partial charge in [0.2, 0.25) is 0 Å². The van der Waals surface area contributed by atoms with Crippen molar-refractivity contribution in [1.82, 2.24) is 15.4 Å². The molecule has 0 bridgehead atoms. The van der Waals surface area contributed by atoms with Gasteiger partial charge >= 0.3 is 0 Å². The highest BCUT2D eigenvalue weighted by Crippen LogP contribution is 2.17. The molecular weight excluding hydrogens is 296 g/mol. The highest BCUT2D eigenvalue weighted by molar-refractivity contribution is 6.04. The Morgan fingerprint density at radius 2 is 1.61 bits per heavy atom. The molecule has 2 aromatic carbocycles. The number of nitrogens with one attached hydrogen (secondary N) is 2. The van der Waals surface area contributed by atoms with Gasteiger partial charge < -0.3 is 9.90 Å². The highest BCUT2D eigenvalue weighted by atomic mass is 16.4. The van der Waals surface area contributed by atoms with E-state index in [1.807, 2.05) is 18.2 Å². The van der Waals surface area contributed by atoms with Gasteiger partial charge in [-0.1, -0.05) is 30.3 Å². The zero-order valence-electron chi connectivity index (χ0n) is 11.8. The van der Waals surface area contributed by atoms with E-state index < -0.39 is 11.9 Å². The van der Waals surface area contributed by atoms with Gasteiger partial charge in [-0.2, -0.15) is 0 Å². The Kier molecular flexibility index (Phi) is 3.84. The number of nitrogens with zero attached hydrogens (tertiary/aromatic N) is 2. The number of para-hydroxylation sites is 1. The van der Waals surface area contributed by atoms with Crippen molar-refractivity contribution in [3.63, 3.8) is 0 Å². The van der Waals surface area contributed by atoms with Crippen LogP contribution in [0.4, 0.5) is 5.82 Å². The Labute approximate surface area is 131 Å². The average Bonchev–Trinajstić information content (AvgIpc) is 2.59. The van der Waals surface area contributed by atoms with Gasteiger partial charge in [-0.25, -0.2) is 9.97 Å². The molecule has 0 unspecified atom stereocenters. The van der Waals surface area contributed by atoms with Crippen LogP contribution in [0.2, 0.25) is 0 Å². The molecular formula is C16H11N4O3-. The predicted octanol–water partition coefficient (Wildman–Crippen LogP) is 0.750. The topological polar surface area (TPSA) is 107 Å². The van der Waals surface area contributed by atoms with Crippen molar-refractivity contribution < 1.29 is 14.7 Å². The van der Waals surface area contributed by atoms with Crippen molar-refractivity contribution >= 4 is 28.6 Å². The molecule has 0 aliphatic carbocycles. The molecule has 1 amide bonds. The lowest BCUT2D eigenvalue weighted by atomic mass is 10.1. The summed E-state index contributed by atoms with van der Waals surface area (Å²) in [5.74, 6) is -1.61. The molecule has 0 saturated heterocycles. The summed E-state index contributed by atoms with van der Waals surface area (Å²) in [6.07, 6.45) is 1.37. The van der Waals surface area contributed by atoms with Crippen LogP contribution in [-0.2, 0) is 0 Å². The van der Waals surface area contributed by atoms with Crippen molar-refractivity contribution in [2.45, 2.75) is 0 Å². The van der Waals surface area contributed by atoms with E-state index >= 15 is 0 Å². The van der Waals surface area contributed by atoms with Crippen LogP contribution in [0.5, 0.6) is 0 Å². The maximum absolute atomic E-state index is 12.2. The summed E-state index contributed by atoms with van der Waals surface area (Å²) >= 11 is 0. The predicted molar refractivity (Wildman–Crippen MR) is 81.4 cm³/mol. The van der Waals surface area contributed by atoms with Crippen molar-refractivity contribution in [2.75, 3.05) is 5.43 Å². The van der Waals surface area contributed by atoms with E-state index in [2.05, 4.69) is 20.8 Å². The van der Waals surface area contributed by atoms with E-state index in [4.69, 9.17) is 0 Å². The first-order valence-corrected chi connectivity index (χ1v) is 6.73. The molecule has 0 aliphatic rings. The number of aromatic nitrogens is 2. The minimum absolute atomic E-state index is 0.00152. The van der Waals surface area contributed by atoms with Crippen LogP contribution in [0.15, 0.2) is 54.9 Å². The molecule has 23 heavy (non-hydrogen) atoms. The number of carboxylic acid groups (broad SMARTS) is 1. The molecule has 0 atom stereocenters. The van der Waals surface area contributed by atoms with Crippen molar-refractivity contribution in [3.8, 4) is 0 Å². The smallest absolute Gasteiger partial charge is 0.270 e. The number of anilines is 1. The first-order chi connectivity index (χ1) is 11.2. The van der Waals surface area contributed by atoms with Gasteiger partial charge in [-0.15, -0.1) is 0 Å². The molecule has 0 saturated carbocycles. The lowest BCUT2D eigenvalue weighted by molar-refractivity contribution is -0.255. The molecule has 0 spiro atoms. The standard InChI is InChI=1S/C16H12N4O3/c21-15(10-5-1-2-6-11(10)16(22)23)20-19-14-12-7-3-4-8-13(12)17-9-18-14/h1-9H,(H,20,21)(H,22,23)(H,17,18,19)/p-1. The van der Waals surface area contributed by atoms with Crippen molar-refractivity contribution in [3.05, 3.63) is 66.0 Å². The van der Waals surface area contributed by atoms with Gasteiger partial charge in [-0.05, 0) is 18.2 Å². The van der Waals surface area contributed by atoms with Crippen LogP contribution >= 0.6 is 0 Å². The highest BCUT2D eigenvalue weighted by Gasteiger charge is 2.12. The molecule has 0 fully saturated rings. The van der Waals surface area contributed by atoms with Gasteiger partial charge in [0.15, 0.2) is 5.82 Å². The third-order valence-corrected chi connectivity index (χ3v) is 3.23. The number of hydrogen-bond acceptors (Lipinski definition) is 6. The second kappa shape index (κ2) is 6.10. The van der Waals surface area contributed by atoms with Crippen LogP contribution in [0.3, 0.4) is 0 Å². The fourth-order valence-corrected chi connectivity index (χ4v) is 2.15. The summed E-state index contributed by atoms with van der Waals surface area (Å²) in [6, 6.07) is 13.1. The lowest BCUT2D eigenvalue weighted by Gasteiger charge is -2.12. The minimum atomic E-state index is -1.41. The summed E-state index contributed by atoms with van der Waals surface area (Å²) in [5.41, 5.74) is 5.65. The van der Waals surface area contributed by atoms with Crippen LogP contribution < -0.4 is 16.0 Å². The number of carboxylic acids is 1. The number of carbonyl (C=O) groups is 2. The van der Waals surface area contributed by atoms with E-state index in [-0.39, 0.29) is 11.1 Å². The van der Waals surface area contributed by atoms with E-state index in [0.29, 0.717) is 5.82 Å². The van der Waals surface area contributed by atoms with Crippen molar-refractivity contribution in [1.29, 1.82) is 0 Å². The van der Waals surface area contributed by atoms with E-state index in [1.165, 1.54) is 24.5 Å². The Hall–Kier alpha value is -3.48. The van der Waals surface area contributed by atoms with Gasteiger partial charge in [-0.3, -0.25) is 15.6 Å². The van der Waals surface area contributed by atoms with Gasteiger partial charge in [0.05, 0.1) is 17.0 Å². The van der Waals surface area contributed by atoms with Crippen molar-refractivity contribution in [2.24, 2.45) is 0 Å². The zero-order chi connectivity index (χ0) is 16.2. The monoisotopic (exact) mass is 307 g/mol. The number of rotatable bonds is 4. The quantitative estimate of drug-likeness (QED) is 0.689. The lowest BCUT2D eigenvalue weighted by Crippen LogP contribution is -2.33. The number of benzene rings is 2. The second-order valence-corrected chi connectivity index (χ2v) is 4.65. The fraction of sp³-hybridized carbons (Fsp3) is 0. The molecule has 0 aliphatic heterocycles. The van der Waals surface area contributed by atoms with Crippen LogP contribution in [0, 0.1) is 0 Å². The molecule has 114 valence electrons. The number of hydrazine groups is 1. The molecule has 7 nitrogen and oxygen atoms in total. The fourth-order valence-electron chi connectivity index (χ4n) is 2.15. The molecule has 1 heterocycles. The molecule has 3 aromatic rings. The SMILES string of the molecule is O=C([O-])c1ccccc1C(=O)NNc1ncnc2ccccc12. The minimum Gasteiger partial charge on any atom is -0.545 e. The van der Waals surface area contributed by atoms with Crippen LogP contribution in [0.25, 0.3) is 10.9 Å². The molecule has 3 rings (SSSR count). The van der Waals surface area contributed by atoms with E-state index in [9.17, 15) is 14.7 Å². The van der Waals surface area contributed by atoms with Gasteiger partial charge in [0.1, 0.15) is 6.33 Å². The first-order valence-electron chi connectivity index (χ1n) is 6.73. The maximum atomic E-state index is 12.2. The second-order valence-electron chi connectivity index (χ2n) is 4.65. The number of aromatic carboxylic acids is 1. The first kappa shape index (κ1) is 14.5. The van der Waals surface area contributed by atoms with Crippen LogP contribution in [0.1, 0.15) is 20.7 Å². The number of carbonyl (C=O) groups excluding carboxylic acids is 2. The number of hydrogen-bond donors (Lipinski definition) is 2. The molecule has 2 N–H and O–H groups in total. The largest absolute Gasteiger partial charge is 0.545 e. The number of fused-ring (bicyclic) bond motifs is 1.